The molecule has 6 nitrogen and oxygen atoms in total. The van der Waals surface area contributed by atoms with Crippen LogP contribution < -0.4 is 11.2 Å². The monoisotopic (exact) mass is 400 g/mol. The maximum Gasteiger partial charge on any atom is 0.352 e. The Morgan fingerprint density at radius 3 is 2.19 bits per heavy atom. The van der Waals surface area contributed by atoms with Crippen LogP contribution >= 0.6 is 23.2 Å². The first-order valence-electron chi connectivity index (χ1n) is 8.13. The molecule has 0 atom stereocenters. The Bertz CT molecular complexity index is 1300. The predicted octanol–water partition coefficient (Wildman–Crippen LogP) is 3.51. The summed E-state index contributed by atoms with van der Waals surface area (Å²) in [6.07, 6.45) is 0. The van der Waals surface area contributed by atoms with Gasteiger partial charge in [0.15, 0.2) is 11.5 Å². The Kier molecular flexibility index (Phi) is 4.05. The van der Waals surface area contributed by atoms with Gasteiger partial charge in [0.1, 0.15) is 0 Å². The van der Waals surface area contributed by atoms with Crippen molar-refractivity contribution in [1.82, 2.24) is 19.1 Å². The van der Waals surface area contributed by atoms with Crippen molar-refractivity contribution < 1.29 is 0 Å². The molecule has 2 aromatic carbocycles. The van der Waals surface area contributed by atoms with E-state index in [1.165, 1.54) is 7.05 Å². The van der Waals surface area contributed by atoms with E-state index in [4.69, 9.17) is 23.2 Å². The number of benzene rings is 2. The van der Waals surface area contributed by atoms with Gasteiger partial charge in [0.05, 0.1) is 16.7 Å². The van der Waals surface area contributed by atoms with Crippen LogP contribution in [0.4, 0.5) is 0 Å². The van der Waals surface area contributed by atoms with Gasteiger partial charge in [-0.1, -0.05) is 23.2 Å². The second-order valence-electron chi connectivity index (χ2n) is 6.43. The van der Waals surface area contributed by atoms with Gasteiger partial charge in [0, 0.05) is 17.1 Å². The van der Waals surface area contributed by atoms with Crippen LogP contribution in [0.5, 0.6) is 0 Å². The Morgan fingerprint density at radius 1 is 0.889 bits per heavy atom. The molecule has 0 saturated carbocycles. The number of fused-ring (bicyclic) bond motifs is 2. The minimum absolute atomic E-state index is 0.101. The van der Waals surface area contributed by atoms with Gasteiger partial charge in [0.25, 0.3) is 5.56 Å². The van der Waals surface area contributed by atoms with Gasteiger partial charge in [-0.3, -0.25) is 13.9 Å². The first-order chi connectivity index (χ1) is 12.8. The van der Waals surface area contributed by atoms with E-state index in [2.05, 4.69) is 9.97 Å². The summed E-state index contributed by atoms with van der Waals surface area (Å²) in [5.41, 5.74) is 2.92. The molecule has 0 spiro atoms. The minimum Gasteiger partial charge on any atom is -0.291 e. The third-order valence-corrected chi connectivity index (χ3v) is 5.03. The van der Waals surface area contributed by atoms with Crippen molar-refractivity contribution in [3.63, 3.8) is 0 Å². The molecule has 8 heteroatoms. The van der Waals surface area contributed by atoms with E-state index in [0.29, 0.717) is 26.8 Å². The lowest BCUT2D eigenvalue weighted by atomic mass is 10.1. The molecule has 2 aliphatic heterocycles. The molecular weight excluding hydrogens is 387 g/mol. The summed E-state index contributed by atoms with van der Waals surface area (Å²) in [6, 6.07) is 8.85. The van der Waals surface area contributed by atoms with Crippen LogP contribution in [0.2, 0.25) is 10.0 Å². The van der Waals surface area contributed by atoms with Crippen LogP contribution in [-0.4, -0.2) is 19.1 Å². The number of halogens is 2. The van der Waals surface area contributed by atoms with Crippen LogP contribution in [0.25, 0.3) is 28.2 Å². The normalized spacial score (nSPS) is 11.4. The van der Waals surface area contributed by atoms with E-state index in [0.717, 1.165) is 15.7 Å². The average molecular weight is 401 g/mol. The molecular formula is C19H14Cl2N4O2. The van der Waals surface area contributed by atoms with Gasteiger partial charge in [-0.2, -0.15) is 4.98 Å². The van der Waals surface area contributed by atoms with E-state index in [9.17, 15) is 9.59 Å². The Morgan fingerprint density at radius 2 is 1.52 bits per heavy atom. The smallest absolute Gasteiger partial charge is 0.291 e. The van der Waals surface area contributed by atoms with Crippen LogP contribution in [0, 0.1) is 13.8 Å². The number of aromatic nitrogens is 4. The first kappa shape index (κ1) is 17.7. The predicted molar refractivity (Wildman–Crippen MR) is 106 cm³/mol. The van der Waals surface area contributed by atoms with Gasteiger partial charge in [0.2, 0.25) is 0 Å². The average Bonchev–Trinajstić information content (AvgIpc) is 2.59. The summed E-state index contributed by atoms with van der Waals surface area (Å²) in [5.74, 6) is 0.164. The summed E-state index contributed by atoms with van der Waals surface area (Å²) in [4.78, 5) is 33.4. The molecule has 0 bridgehead atoms. The lowest BCUT2D eigenvalue weighted by Crippen LogP contribution is -2.36. The third kappa shape index (κ3) is 2.81. The highest BCUT2D eigenvalue weighted by atomic mass is 35.5. The maximum absolute atomic E-state index is 12.7. The number of hydrogen-bond acceptors (Lipinski definition) is 4. The van der Waals surface area contributed by atoms with Crippen molar-refractivity contribution >= 4 is 34.2 Å². The zero-order valence-electron chi connectivity index (χ0n) is 14.7. The molecule has 0 saturated heterocycles. The minimum atomic E-state index is -0.653. The summed E-state index contributed by atoms with van der Waals surface area (Å²) in [7, 11) is 1.38. The standard InChI is InChI=1S/C19H14Cl2N4O2/c1-9-4-14-15(5-10(9)2)25(13-7-11(20)6-12(21)8-13)17-16(22-14)18(26)24(3)19(27)23-17/h4-8H,1-3H3. The fourth-order valence-electron chi connectivity index (χ4n) is 3.03. The molecule has 2 aromatic rings. The summed E-state index contributed by atoms with van der Waals surface area (Å²) < 4.78 is 2.64. The van der Waals surface area contributed by atoms with E-state index in [1.54, 1.807) is 22.8 Å². The van der Waals surface area contributed by atoms with Crippen molar-refractivity contribution in [1.29, 1.82) is 0 Å². The quantitative estimate of drug-likeness (QED) is 0.458. The highest BCUT2D eigenvalue weighted by Crippen LogP contribution is 2.30. The van der Waals surface area contributed by atoms with E-state index < -0.39 is 11.2 Å². The van der Waals surface area contributed by atoms with Gasteiger partial charge in [-0.15, -0.1) is 0 Å². The molecule has 2 heterocycles. The number of aryl methyl sites for hydroxylation is 2. The second kappa shape index (κ2) is 6.18. The Hall–Kier alpha value is -2.70. The SMILES string of the molecule is Cc1cc2nc3c(=O)n(C)c(=O)nc-3n(-c3cc(Cl)cc(Cl)c3)c2cc1C. The summed E-state index contributed by atoms with van der Waals surface area (Å²) in [5, 5.41) is 0.858. The molecule has 4 rings (SSSR count). The zero-order chi connectivity index (χ0) is 19.5. The van der Waals surface area contributed by atoms with E-state index >= 15 is 0 Å². The summed E-state index contributed by atoms with van der Waals surface area (Å²) >= 11 is 12.4. The number of nitrogens with zero attached hydrogens (tertiary/aromatic N) is 4. The van der Waals surface area contributed by atoms with Crippen molar-refractivity contribution in [2.45, 2.75) is 13.8 Å². The molecule has 0 radical (unpaired) electrons. The van der Waals surface area contributed by atoms with Crippen molar-refractivity contribution in [3.8, 4) is 17.2 Å². The van der Waals surface area contributed by atoms with Crippen molar-refractivity contribution in [2.75, 3.05) is 0 Å². The lowest BCUT2D eigenvalue weighted by Gasteiger charge is -2.19. The lowest BCUT2D eigenvalue weighted by molar-refractivity contribution is 0.759. The van der Waals surface area contributed by atoms with E-state index in [-0.39, 0.29) is 11.5 Å². The number of rotatable bonds is 1. The highest BCUT2D eigenvalue weighted by molar-refractivity contribution is 6.34. The fourth-order valence-corrected chi connectivity index (χ4v) is 3.55. The van der Waals surface area contributed by atoms with Crippen LogP contribution in [-0.2, 0) is 7.05 Å². The molecule has 0 amide bonds. The topological polar surface area (TPSA) is 69.8 Å². The zero-order valence-corrected chi connectivity index (χ0v) is 16.3. The van der Waals surface area contributed by atoms with Crippen LogP contribution in [0.3, 0.4) is 0 Å². The number of hydrogen-bond donors (Lipinski definition) is 0. The summed E-state index contributed by atoms with van der Waals surface area (Å²) in [6.45, 7) is 3.95. The first-order valence-corrected chi connectivity index (χ1v) is 8.89. The van der Waals surface area contributed by atoms with Gasteiger partial charge in [-0.05, 0) is 55.3 Å². The fraction of sp³-hybridized carbons (Fsp3) is 0.158. The highest BCUT2D eigenvalue weighted by Gasteiger charge is 2.22. The molecule has 27 heavy (non-hydrogen) atoms. The molecule has 0 aromatic heterocycles. The van der Waals surface area contributed by atoms with Crippen LogP contribution in [0.15, 0.2) is 39.9 Å². The van der Waals surface area contributed by atoms with Gasteiger partial charge < -0.3 is 0 Å². The van der Waals surface area contributed by atoms with Gasteiger partial charge >= 0.3 is 5.69 Å². The van der Waals surface area contributed by atoms with E-state index in [1.807, 2.05) is 26.0 Å². The van der Waals surface area contributed by atoms with Gasteiger partial charge in [-0.25, -0.2) is 9.78 Å². The van der Waals surface area contributed by atoms with Crippen LogP contribution in [0.1, 0.15) is 11.1 Å². The maximum atomic E-state index is 12.7. The largest absolute Gasteiger partial charge is 0.352 e. The third-order valence-electron chi connectivity index (χ3n) is 4.59. The Balaban J connectivity index is 2.30. The van der Waals surface area contributed by atoms with Crippen molar-refractivity contribution in [2.24, 2.45) is 7.05 Å². The molecule has 0 aliphatic carbocycles. The molecule has 0 fully saturated rings. The second-order valence-corrected chi connectivity index (χ2v) is 7.30. The Labute approximate surface area is 164 Å². The molecule has 136 valence electrons. The molecule has 0 unspecified atom stereocenters. The molecule has 0 N–H and O–H groups in total. The molecule has 2 aliphatic rings. The van der Waals surface area contributed by atoms with Crippen molar-refractivity contribution in [3.05, 3.63) is 72.3 Å².